The molecule has 2 N–H and O–H groups in total. The molecule has 0 heterocycles. The molecule has 4 heteroatoms. The third-order valence-corrected chi connectivity index (χ3v) is 3.53. The van der Waals surface area contributed by atoms with Crippen molar-refractivity contribution in [2.24, 2.45) is 0 Å². The third-order valence-electron chi connectivity index (χ3n) is 2.89. The van der Waals surface area contributed by atoms with E-state index in [0.29, 0.717) is 0 Å². The maximum atomic E-state index is 9.44. The number of nitrogens with one attached hydrogen (secondary N) is 1. The Morgan fingerprint density at radius 1 is 1.11 bits per heavy atom. The number of rotatable bonds is 4. The number of phenolic OH excluding ortho intramolecular Hbond substituents is 1. The molecule has 0 amide bonds. The number of phenols is 1. The monoisotopic (exact) mass is 320 g/mol. The SMILES string of the molecule is CN(C)c1ccc(NCc2ccc(O)c(Br)c2)cc1. The molecule has 0 saturated carbocycles. The van der Waals surface area contributed by atoms with Crippen molar-refractivity contribution in [1.29, 1.82) is 0 Å². The van der Waals surface area contributed by atoms with Crippen molar-refractivity contribution in [3.05, 3.63) is 52.5 Å². The maximum absolute atomic E-state index is 9.44. The highest BCUT2D eigenvalue weighted by atomic mass is 79.9. The minimum atomic E-state index is 0.263. The van der Waals surface area contributed by atoms with E-state index in [9.17, 15) is 5.11 Å². The van der Waals surface area contributed by atoms with Crippen LogP contribution >= 0.6 is 15.9 Å². The van der Waals surface area contributed by atoms with E-state index in [2.05, 4.69) is 50.4 Å². The molecule has 0 atom stereocenters. The van der Waals surface area contributed by atoms with Gasteiger partial charge in [0.15, 0.2) is 0 Å². The predicted molar refractivity (Wildman–Crippen MR) is 83.9 cm³/mol. The van der Waals surface area contributed by atoms with Crippen LogP contribution in [0.4, 0.5) is 11.4 Å². The van der Waals surface area contributed by atoms with Crippen LogP contribution in [0.2, 0.25) is 0 Å². The Morgan fingerprint density at radius 2 is 1.79 bits per heavy atom. The number of nitrogens with zero attached hydrogens (tertiary/aromatic N) is 1. The van der Waals surface area contributed by atoms with E-state index in [1.807, 2.05) is 26.2 Å². The Hall–Kier alpha value is -1.68. The van der Waals surface area contributed by atoms with Crippen LogP contribution in [0.3, 0.4) is 0 Å². The van der Waals surface area contributed by atoms with Crippen molar-refractivity contribution < 1.29 is 5.11 Å². The van der Waals surface area contributed by atoms with Gasteiger partial charge in [-0.2, -0.15) is 0 Å². The molecule has 2 rings (SSSR count). The number of benzene rings is 2. The van der Waals surface area contributed by atoms with Gasteiger partial charge in [-0.3, -0.25) is 0 Å². The number of anilines is 2. The normalized spacial score (nSPS) is 10.3. The Labute approximate surface area is 122 Å². The highest BCUT2D eigenvalue weighted by Crippen LogP contribution is 2.24. The van der Waals surface area contributed by atoms with Gasteiger partial charge in [0.25, 0.3) is 0 Å². The van der Waals surface area contributed by atoms with E-state index in [1.54, 1.807) is 6.07 Å². The third kappa shape index (κ3) is 3.64. The summed E-state index contributed by atoms with van der Waals surface area (Å²) >= 11 is 3.31. The highest BCUT2D eigenvalue weighted by molar-refractivity contribution is 9.10. The van der Waals surface area contributed by atoms with E-state index in [4.69, 9.17) is 0 Å². The summed E-state index contributed by atoms with van der Waals surface area (Å²) in [6, 6.07) is 13.8. The van der Waals surface area contributed by atoms with E-state index < -0.39 is 0 Å². The summed E-state index contributed by atoms with van der Waals surface area (Å²) in [4.78, 5) is 2.07. The summed E-state index contributed by atoms with van der Waals surface area (Å²) in [5.74, 6) is 0.263. The first-order valence-electron chi connectivity index (χ1n) is 6.05. The van der Waals surface area contributed by atoms with Crippen LogP contribution in [-0.2, 0) is 6.54 Å². The molecule has 0 saturated heterocycles. The largest absolute Gasteiger partial charge is 0.507 e. The number of halogens is 1. The Bertz CT molecular complexity index is 553. The first kappa shape index (κ1) is 13.7. The number of aromatic hydroxyl groups is 1. The first-order valence-corrected chi connectivity index (χ1v) is 6.84. The van der Waals surface area contributed by atoms with Crippen molar-refractivity contribution >= 4 is 27.3 Å². The van der Waals surface area contributed by atoms with Crippen LogP contribution in [0.1, 0.15) is 5.56 Å². The topological polar surface area (TPSA) is 35.5 Å². The van der Waals surface area contributed by atoms with Gasteiger partial charge in [-0.25, -0.2) is 0 Å². The molecule has 0 bridgehead atoms. The lowest BCUT2D eigenvalue weighted by Crippen LogP contribution is -2.08. The molecule has 0 unspecified atom stereocenters. The van der Waals surface area contributed by atoms with Gasteiger partial charge in [0.05, 0.1) is 4.47 Å². The number of hydrogen-bond donors (Lipinski definition) is 2. The standard InChI is InChI=1S/C15H17BrN2O/c1-18(2)13-6-4-12(5-7-13)17-10-11-3-8-15(19)14(16)9-11/h3-9,17,19H,10H2,1-2H3. The fraction of sp³-hybridized carbons (Fsp3) is 0.200. The molecule has 2 aromatic carbocycles. The molecule has 0 aliphatic carbocycles. The zero-order valence-electron chi connectivity index (χ0n) is 11.0. The lowest BCUT2D eigenvalue weighted by molar-refractivity contribution is 0.471. The van der Waals surface area contributed by atoms with Crippen LogP contribution < -0.4 is 10.2 Å². The molecule has 100 valence electrons. The van der Waals surface area contributed by atoms with Gasteiger partial charge in [-0.1, -0.05) is 6.07 Å². The summed E-state index contributed by atoms with van der Waals surface area (Å²) in [6.45, 7) is 0.722. The highest BCUT2D eigenvalue weighted by Gasteiger charge is 2.00. The van der Waals surface area contributed by atoms with Crippen LogP contribution in [-0.4, -0.2) is 19.2 Å². The summed E-state index contributed by atoms with van der Waals surface area (Å²) in [5, 5.41) is 12.8. The average Bonchev–Trinajstić information content (AvgIpc) is 2.40. The predicted octanol–water partition coefficient (Wildman–Crippen LogP) is 3.83. The Balaban J connectivity index is 2.00. The first-order chi connectivity index (χ1) is 9.06. The van der Waals surface area contributed by atoms with E-state index in [0.717, 1.165) is 22.3 Å². The van der Waals surface area contributed by atoms with Gasteiger partial charge >= 0.3 is 0 Å². The quantitative estimate of drug-likeness (QED) is 0.898. The van der Waals surface area contributed by atoms with Crippen molar-refractivity contribution in [1.82, 2.24) is 0 Å². The minimum Gasteiger partial charge on any atom is -0.507 e. The molecule has 3 nitrogen and oxygen atoms in total. The molecule has 19 heavy (non-hydrogen) atoms. The van der Waals surface area contributed by atoms with E-state index in [1.165, 1.54) is 5.69 Å². The van der Waals surface area contributed by atoms with Gasteiger partial charge in [0, 0.05) is 32.0 Å². The Morgan fingerprint density at radius 3 is 2.37 bits per heavy atom. The van der Waals surface area contributed by atoms with E-state index >= 15 is 0 Å². The molecule has 0 radical (unpaired) electrons. The molecule has 0 aromatic heterocycles. The summed E-state index contributed by atoms with van der Waals surface area (Å²) in [5.41, 5.74) is 3.37. The smallest absolute Gasteiger partial charge is 0.129 e. The molecule has 0 aliphatic rings. The molecule has 0 aliphatic heterocycles. The van der Waals surface area contributed by atoms with Crippen molar-refractivity contribution in [3.8, 4) is 5.75 Å². The zero-order chi connectivity index (χ0) is 13.8. The fourth-order valence-electron chi connectivity index (χ4n) is 1.74. The van der Waals surface area contributed by atoms with Crippen LogP contribution in [0.15, 0.2) is 46.9 Å². The fourth-order valence-corrected chi connectivity index (χ4v) is 2.17. The summed E-state index contributed by atoms with van der Waals surface area (Å²) < 4.78 is 0.717. The second-order valence-electron chi connectivity index (χ2n) is 4.58. The maximum Gasteiger partial charge on any atom is 0.129 e. The second-order valence-corrected chi connectivity index (χ2v) is 5.43. The lowest BCUT2D eigenvalue weighted by Gasteiger charge is -2.13. The molecule has 0 fully saturated rings. The second kappa shape index (κ2) is 5.97. The minimum absolute atomic E-state index is 0.263. The Kier molecular flexibility index (Phi) is 4.32. The van der Waals surface area contributed by atoms with Gasteiger partial charge in [0.1, 0.15) is 5.75 Å². The summed E-state index contributed by atoms with van der Waals surface area (Å²) in [7, 11) is 4.05. The molecular weight excluding hydrogens is 304 g/mol. The van der Waals surface area contributed by atoms with Gasteiger partial charge in [0.2, 0.25) is 0 Å². The van der Waals surface area contributed by atoms with Crippen LogP contribution in [0, 0.1) is 0 Å². The molecule has 2 aromatic rings. The van der Waals surface area contributed by atoms with Gasteiger partial charge in [-0.15, -0.1) is 0 Å². The zero-order valence-corrected chi connectivity index (χ0v) is 12.6. The van der Waals surface area contributed by atoms with Gasteiger partial charge in [-0.05, 0) is 57.9 Å². The van der Waals surface area contributed by atoms with Crippen LogP contribution in [0.25, 0.3) is 0 Å². The van der Waals surface area contributed by atoms with Crippen molar-refractivity contribution in [2.45, 2.75) is 6.54 Å². The van der Waals surface area contributed by atoms with E-state index in [-0.39, 0.29) is 5.75 Å². The molecular formula is C15H17BrN2O. The van der Waals surface area contributed by atoms with Crippen LogP contribution in [0.5, 0.6) is 5.75 Å². The number of hydrogen-bond acceptors (Lipinski definition) is 3. The lowest BCUT2D eigenvalue weighted by atomic mass is 10.2. The van der Waals surface area contributed by atoms with Crippen molar-refractivity contribution in [3.63, 3.8) is 0 Å². The molecule has 0 spiro atoms. The average molecular weight is 321 g/mol. The van der Waals surface area contributed by atoms with Crippen molar-refractivity contribution in [2.75, 3.05) is 24.3 Å². The van der Waals surface area contributed by atoms with Gasteiger partial charge < -0.3 is 15.3 Å². The summed E-state index contributed by atoms with van der Waals surface area (Å²) in [6.07, 6.45) is 0.